The Kier molecular flexibility index (Phi) is 4.76. The molecule has 1 aromatic carbocycles. The largest absolute Gasteiger partial charge is 0.481 e. The zero-order valence-corrected chi connectivity index (χ0v) is 14.6. The number of hydrogen-bond acceptors (Lipinski definition) is 2. The molecule has 2 N–H and O–H groups in total. The summed E-state index contributed by atoms with van der Waals surface area (Å²) < 4.78 is 1.04. The van der Waals surface area contributed by atoms with Crippen molar-refractivity contribution < 1.29 is 14.7 Å². The van der Waals surface area contributed by atoms with E-state index < -0.39 is 5.97 Å². The van der Waals surface area contributed by atoms with Gasteiger partial charge in [-0.05, 0) is 62.6 Å². The van der Waals surface area contributed by atoms with E-state index in [4.69, 9.17) is 5.11 Å². The van der Waals surface area contributed by atoms with Crippen LogP contribution in [0.1, 0.15) is 50.5 Å². The molecule has 124 valence electrons. The van der Waals surface area contributed by atoms with Gasteiger partial charge in [0.15, 0.2) is 0 Å². The number of rotatable bonds is 4. The SMILES string of the molecule is O=C(O)C1CCC(C(=O)NC2(c3ccc(Br)cc3)CCC2)CC1. The normalized spacial score (nSPS) is 26.1. The van der Waals surface area contributed by atoms with E-state index in [1.54, 1.807) is 0 Å². The Morgan fingerprint density at radius 3 is 2.09 bits per heavy atom. The summed E-state index contributed by atoms with van der Waals surface area (Å²) in [5, 5.41) is 12.3. The lowest BCUT2D eigenvalue weighted by Crippen LogP contribution is -2.52. The zero-order chi connectivity index (χ0) is 16.4. The second-order valence-corrected chi connectivity index (χ2v) is 7.73. The van der Waals surface area contributed by atoms with Gasteiger partial charge in [-0.1, -0.05) is 28.1 Å². The zero-order valence-electron chi connectivity index (χ0n) is 13.1. The molecule has 0 aliphatic heterocycles. The Balaban J connectivity index is 1.64. The Bertz CT molecular complexity index is 587. The van der Waals surface area contributed by atoms with Crippen LogP contribution in [0.3, 0.4) is 0 Å². The summed E-state index contributed by atoms with van der Waals surface area (Å²) in [6.07, 6.45) is 5.66. The smallest absolute Gasteiger partial charge is 0.306 e. The third-order valence-corrected chi connectivity index (χ3v) is 5.94. The van der Waals surface area contributed by atoms with Crippen LogP contribution in [0, 0.1) is 11.8 Å². The summed E-state index contributed by atoms with van der Waals surface area (Å²) in [6.45, 7) is 0. The lowest BCUT2D eigenvalue weighted by molar-refractivity contribution is -0.144. The molecular formula is C18H22BrNO3. The Hall–Kier alpha value is -1.36. The lowest BCUT2D eigenvalue weighted by Gasteiger charge is -2.44. The van der Waals surface area contributed by atoms with Crippen molar-refractivity contribution in [3.8, 4) is 0 Å². The minimum atomic E-state index is -0.728. The van der Waals surface area contributed by atoms with Crippen LogP contribution in [0.15, 0.2) is 28.7 Å². The van der Waals surface area contributed by atoms with Crippen molar-refractivity contribution in [3.63, 3.8) is 0 Å². The number of carbonyl (C=O) groups excluding carboxylic acids is 1. The Morgan fingerprint density at radius 2 is 1.61 bits per heavy atom. The summed E-state index contributed by atoms with van der Waals surface area (Å²) in [6, 6.07) is 8.18. The minimum absolute atomic E-state index is 0.0430. The van der Waals surface area contributed by atoms with Crippen LogP contribution >= 0.6 is 15.9 Å². The predicted octanol–water partition coefficient (Wildman–Crippen LogP) is 3.84. The van der Waals surface area contributed by atoms with Crippen molar-refractivity contribution in [1.82, 2.24) is 5.32 Å². The maximum Gasteiger partial charge on any atom is 0.306 e. The quantitative estimate of drug-likeness (QED) is 0.834. The molecule has 2 saturated carbocycles. The molecule has 0 unspecified atom stereocenters. The number of carbonyl (C=O) groups is 2. The molecule has 23 heavy (non-hydrogen) atoms. The van der Waals surface area contributed by atoms with Gasteiger partial charge in [-0.2, -0.15) is 0 Å². The molecule has 1 amide bonds. The fraction of sp³-hybridized carbons (Fsp3) is 0.556. The first kappa shape index (κ1) is 16.5. The van der Waals surface area contributed by atoms with Crippen LogP contribution in [-0.2, 0) is 15.1 Å². The van der Waals surface area contributed by atoms with Crippen LogP contribution in [0.25, 0.3) is 0 Å². The predicted molar refractivity (Wildman–Crippen MR) is 90.9 cm³/mol. The third kappa shape index (κ3) is 3.44. The molecule has 1 aromatic rings. The van der Waals surface area contributed by atoms with Crippen LogP contribution in [0.5, 0.6) is 0 Å². The highest BCUT2D eigenvalue weighted by Gasteiger charge is 2.41. The van der Waals surface area contributed by atoms with Gasteiger partial charge in [0.2, 0.25) is 5.91 Å². The molecule has 0 heterocycles. The molecule has 0 aromatic heterocycles. The highest BCUT2D eigenvalue weighted by atomic mass is 79.9. The standard InChI is InChI=1S/C18H22BrNO3/c19-15-8-6-14(7-9-15)18(10-1-11-18)20-16(21)12-2-4-13(5-3-12)17(22)23/h6-9,12-13H,1-5,10-11H2,(H,20,21)(H,22,23). The number of hydrogen-bond donors (Lipinski definition) is 2. The van der Waals surface area contributed by atoms with E-state index >= 15 is 0 Å². The number of carboxylic acids is 1. The fourth-order valence-electron chi connectivity index (χ4n) is 3.73. The minimum Gasteiger partial charge on any atom is -0.481 e. The van der Waals surface area contributed by atoms with E-state index in [0.29, 0.717) is 25.7 Å². The van der Waals surface area contributed by atoms with E-state index in [1.807, 2.05) is 12.1 Å². The van der Waals surface area contributed by atoms with Gasteiger partial charge in [0.1, 0.15) is 0 Å². The first-order valence-corrected chi connectivity index (χ1v) is 9.10. The number of halogens is 1. The average Bonchev–Trinajstić information content (AvgIpc) is 2.52. The van der Waals surface area contributed by atoms with E-state index in [0.717, 1.165) is 23.7 Å². The first-order chi connectivity index (χ1) is 11.0. The Labute approximate surface area is 144 Å². The van der Waals surface area contributed by atoms with E-state index in [9.17, 15) is 9.59 Å². The van der Waals surface area contributed by atoms with E-state index in [-0.39, 0.29) is 23.3 Å². The van der Waals surface area contributed by atoms with Crippen LogP contribution in [0.4, 0.5) is 0 Å². The maximum atomic E-state index is 12.7. The van der Waals surface area contributed by atoms with Crippen molar-refractivity contribution in [2.24, 2.45) is 11.8 Å². The molecule has 0 spiro atoms. The molecule has 3 rings (SSSR count). The molecule has 0 atom stereocenters. The molecule has 2 aliphatic rings. The number of nitrogens with one attached hydrogen (secondary N) is 1. The van der Waals surface area contributed by atoms with Crippen LogP contribution in [0.2, 0.25) is 0 Å². The van der Waals surface area contributed by atoms with Crippen molar-refractivity contribution in [1.29, 1.82) is 0 Å². The monoisotopic (exact) mass is 379 g/mol. The third-order valence-electron chi connectivity index (χ3n) is 5.41. The average molecular weight is 380 g/mol. The van der Waals surface area contributed by atoms with Gasteiger partial charge in [-0.15, -0.1) is 0 Å². The van der Waals surface area contributed by atoms with Gasteiger partial charge >= 0.3 is 5.97 Å². The van der Waals surface area contributed by atoms with Crippen molar-refractivity contribution in [3.05, 3.63) is 34.3 Å². The Morgan fingerprint density at radius 1 is 1.04 bits per heavy atom. The molecule has 2 fully saturated rings. The van der Waals surface area contributed by atoms with Gasteiger partial charge in [0.05, 0.1) is 11.5 Å². The van der Waals surface area contributed by atoms with Crippen LogP contribution < -0.4 is 5.32 Å². The maximum absolute atomic E-state index is 12.7. The van der Waals surface area contributed by atoms with Crippen molar-refractivity contribution in [2.45, 2.75) is 50.5 Å². The number of aliphatic carboxylic acids is 1. The second-order valence-electron chi connectivity index (χ2n) is 6.82. The molecular weight excluding hydrogens is 358 g/mol. The fourth-order valence-corrected chi connectivity index (χ4v) is 3.99. The highest BCUT2D eigenvalue weighted by Crippen LogP contribution is 2.42. The van der Waals surface area contributed by atoms with Gasteiger partial charge in [0, 0.05) is 10.4 Å². The second kappa shape index (κ2) is 6.63. The molecule has 0 bridgehead atoms. The van der Waals surface area contributed by atoms with Crippen LogP contribution in [-0.4, -0.2) is 17.0 Å². The number of amides is 1. The first-order valence-electron chi connectivity index (χ1n) is 8.31. The summed E-state index contributed by atoms with van der Waals surface area (Å²) in [4.78, 5) is 23.7. The van der Waals surface area contributed by atoms with Gasteiger partial charge in [-0.25, -0.2) is 0 Å². The van der Waals surface area contributed by atoms with Crippen molar-refractivity contribution in [2.75, 3.05) is 0 Å². The number of carboxylic acid groups (broad SMARTS) is 1. The summed E-state index contributed by atoms with van der Waals surface area (Å²) >= 11 is 3.45. The lowest BCUT2D eigenvalue weighted by atomic mass is 9.71. The molecule has 0 radical (unpaired) electrons. The summed E-state index contributed by atoms with van der Waals surface area (Å²) in [7, 11) is 0. The molecule has 5 heteroatoms. The topological polar surface area (TPSA) is 66.4 Å². The van der Waals surface area contributed by atoms with Gasteiger partial charge < -0.3 is 10.4 Å². The summed E-state index contributed by atoms with van der Waals surface area (Å²) in [5.74, 6) is -0.952. The molecule has 2 aliphatic carbocycles. The van der Waals surface area contributed by atoms with Crippen molar-refractivity contribution >= 4 is 27.8 Å². The van der Waals surface area contributed by atoms with E-state index in [1.165, 1.54) is 5.56 Å². The van der Waals surface area contributed by atoms with Gasteiger partial charge in [0.25, 0.3) is 0 Å². The summed E-state index contributed by atoms with van der Waals surface area (Å²) in [5.41, 5.74) is 0.945. The van der Waals surface area contributed by atoms with Gasteiger partial charge in [-0.3, -0.25) is 9.59 Å². The molecule has 4 nitrogen and oxygen atoms in total. The molecule has 0 saturated heterocycles. The highest BCUT2D eigenvalue weighted by molar-refractivity contribution is 9.10. The number of benzene rings is 1. The van der Waals surface area contributed by atoms with E-state index in [2.05, 4.69) is 33.4 Å².